The number of unbranched alkanes of at least 4 members (excludes halogenated alkanes) is 13. The highest BCUT2D eigenvalue weighted by Crippen LogP contribution is 2.23. The first kappa shape index (κ1) is 36.9. The molecule has 0 saturated heterocycles. The van der Waals surface area contributed by atoms with Gasteiger partial charge in [0.15, 0.2) is 6.29 Å². The van der Waals surface area contributed by atoms with Crippen LogP contribution in [0.25, 0.3) is 0 Å². The van der Waals surface area contributed by atoms with E-state index in [2.05, 4.69) is 13.8 Å². The largest absolute Gasteiger partial charge is 0.616 e. The molecule has 0 spiro atoms. The number of carbonyl (C=O) groups is 1. The first-order valence-electron chi connectivity index (χ1n) is 14.9. The number of ether oxygens (including phenoxy) is 2. The molecule has 0 aromatic rings. The summed E-state index contributed by atoms with van der Waals surface area (Å²) >= 11 is -0.896. The molecule has 222 valence electrons. The molecule has 5 atom stereocenters. The summed E-state index contributed by atoms with van der Waals surface area (Å²) in [5, 5.41) is 16.7. The number of carboxylic acids is 1. The van der Waals surface area contributed by atoms with Crippen molar-refractivity contribution in [2.75, 3.05) is 19.0 Å². The Morgan fingerprint density at radius 2 is 1.35 bits per heavy atom. The molecule has 0 amide bonds. The molecular formula is C28H57O7PS. The first-order chi connectivity index (χ1) is 17.8. The van der Waals surface area contributed by atoms with E-state index in [9.17, 15) is 19.0 Å². The number of aliphatic carboxylic acids is 1. The zero-order valence-electron chi connectivity index (χ0n) is 23.9. The minimum atomic E-state index is -2.37. The molecule has 0 aromatic carbocycles. The van der Waals surface area contributed by atoms with Crippen molar-refractivity contribution in [3.05, 3.63) is 0 Å². The lowest BCUT2D eigenvalue weighted by Crippen LogP contribution is -2.39. The van der Waals surface area contributed by atoms with Gasteiger partial charge in [-0.05, 0) is 32.1 Å². The molecule has 2 N–H and O–H groups in total. The van der Waals surface area contributed by atoms with E-state index < -0.39 is 43.8 Å². The predicted octanol–water partition coefficient (Wildman–Crippen LogP) is 7.07. The average Bonchev–Trinajstić information content (AvgIpc) is 2.89. The fourth-order valence-electron chi connectivity index (χ4n) is 4.26. The zero-order valence-corrected chi connectivity index (χ0v) is 25.9. The summed E-state index contributed by atoms with van der Waals surface area (Å²) in [5.41, 5.74) is 0. The summed E-state index contributed by atoms with van der Waals surface area (Å²) in [7, 11) is -1.95. The maximum absolute atomic E-state index is 13.1. The Hall–Kier alpha value is -0.110. The van der Waals surface area contributed by atoms with Gasteiger partial charge in [0.2, 0.25) is 5.34 Å². The molecule has 0 bridgehead atoms. The van der Waals surface area contributed by atoms with Gasteiger partial charge in [0.1, 0.15) is 19.5 Å². The molecule has 0 aliphatic carbocycles. The molecule has 9 heteroatoms. The van der Waals surface area contributed by atoms with Crippen LogP contribution in [0.4, 0.5) is 0 Å². The molecule has 0 fully saturated rings. The fraction of sp³-hybridized carbons (Fsp3) is 0.964. The summed E-state index contributed by atoms with van der Waals surface area (Å²) < 4.78 is 35.4. The minimum Gasteiger partial charge on any atom is -0.616 e. The third kappa shape index (κ3) is 19.6. The maximum Gasteiger partial charge on any atom is 0.345 e. The number of aliphatic hydroxyl groups is 1. The summed E-state index contributed by atoms with van der Waals surface area (Å²) in [6, 6.07) is 0. The van der Waals surface area contributed by atoms with Gasteiger partial charge < -0.3 is 28.8 Å². The van der Waals surface area contributed by atoms with Gasteiger partial charge in [-0.25, -0.2) is 4.79 Å². The standard InChI is InChI=1S/C28H57O7PS/c1-4-7-9-11-12-13-14-15-17-19-23-37(33)25(20-18-16-10-8-5-2)21-22-34-26(6-3)35-24-28(31,36-32)27(29)30/h25-26,31H,4-24,36H2,1-3H3,(H,29,30). The van der Waals surface area contributed by atoms with Crippen LogP contribution < -0.4 is 0 Å². The maximum atomic E-state index is 13.1. The SMILES string of the molecule is CCCCCCCCCCCC[S+]([O-])C(CCCCCCC)CCOC(CC)OCC(O)([PH2]=O)C(=O)O. The van der Waals surface area contributed by atoms with Crippen LogP contribution in [0, 0.1) is 0 Å². The van der Waals surface area contributed by atoms with E-state index >= 15 is 0 Å². The lowest BCUT2D eigenvalue weighted by Gasteiger charge is -2.25. The Bertz CT molecular complexity index is 555. The molecule has 37 heavy (non-hydrogen) atoms. The molecule has 0 aliphatic heterocycles. The van der Waals surface area contributed by atoms with Crippen LogP contribution in [0.1, 0.15) is 136 Å². The van der Waals surface area contributed by atoms with Crippen molar-refractivity contribution in [2.24, 2.45) is 0 Å². The van der Waals surface area contributed by atoms with Crippen molar-refractivity contribution in [1.29, 1.82) is 0 Å². The summed E-state index contributed by atoms with van der Waals surface area (Å²) in [4.78, 5) is 11.1. The highest BCUT2D eigenvalue weighted by Gasteiger charge is 2.36. The van der Waals surface area contributed by atoms with Crippen molar-refractivity contribution in [3.8, 4) is 0 Å². The van der Waals surface area contributed by atoms with Gasteiger partial charge in [0.25, 0.3) is 0 Å². The van der Waals surface area contributed by atoms with Gasteiger partial charge >= 0.3 is 5.97 Å². The van der Waals surface area contributed by atoms with Crippen LogP contribution in [-0.2, 0) is 30.0 Å². The molecule has 0 rings (SSSR count). The third-order valence-corrected chi connectivity index (χ3v) is 9.54. The zero-order chi connectivity index (χ0) is 27.8. The van der Waals surface area contributed by atoms with E-state index in [1.165, 1.54) is 70.6 Å². The third-order valence-electron chi connectivity index (χ3n) is 6.83. The summed E-state index contributed by atoms with van der Waals surface area (Å²) in [6.07, 6.45) is 19.9. The average molecular weight is 569 g/mol. The van der Waals surface area contributed by atoms with Crippen LogP contribution in [0.15, 0.2) is 0 Å². The molecule has 0 heterocycles. The molecule has 5 unspecified atom stereocenters. The second-order valence-corrected chi connectivity index (χ2v) is 13.3. The Morgan fingerprint density at radius 1 is 0.838 bits per heavy atom. The van der Waals surface area contributed by atoms with E-state index in [4.69, 9.17) is 14.6 Å². The van der Waals surface area contributed by atoms with Crippen molar-refractivity contribution >= 4 is 25.6 Å². The van der Waals surface area contributed by atoms with Crippen LogP contribution in [0.5, 0.6) is 0 Å². The first-order valence-corrected chi connectivity index (χ1v) is 17.3. The molecule has 0 radical (unpaired) electrons. The quantitative estimate of drug-likeness (QED) is 0.0448. The predicted molar refractivity (Wildman–Crippen MR) is 156 cm³/mol. The van der Waals surface area contributed by atoms with Gasteiger partial charge in [-0.2, -0.15) is 0 Å². The fourth-order valence-corrected chi connectivity index (χ4v) is 6.14. The van der Waals surface area contributed by atoms with E-state index in [1.807, 2.05) is 6.92 Å². The van der Waals surface area contributed by atoms with Crippen LogP contribution in [-0.4, -0.2) is 56.6 Å². The number of carboxylic acid groups (broad SMARTS) is 1. The molecule has 0 saturated carbocycles. The Balaban J connectivity index is 4.45. The minimum absolute atomic E-state index is 0.0831. The number of hydrogen-bond donors (Lipinski definition) is 2. The van der Waals surface area contributed by atoms with Crippen molar-refractivity contribution in [3.63, 3.8) is 0 Å². The Kier molecular flexibility index (Phi) is 24.8. The highest BCUT2D eigenvalue weighted by molar-refractivity contribution is 7.92. The topological polar surface area (TPSA) is 116 Å². The van der Waals surface area contributed by atoms with E-state index in [0.717, 1.165) is 37.9 Å². The second-order valence-electron chi connectivity index (χ2n) is 10.2. The molecule has 0 aromatic heterocycles. The van der Waals surface area contributed by atoms with Gasteiger partial charge in [-0.1, -0.05) is 109 Å². The molecule has 0 aliphatic rings. The van der Waals surface area contributed by atoms with Gasteiger partial charge in [0.05, 0.1) is 13.2 Å². The van der Waals surface area contributed by atoms with Gasteiger partial charge in [-0.15, -0.1) is 0 Å². The van der Waals surface area contributed by atoms with Crippen molar-refractivity contribution < 1.29 is 33.6 Å². The smallest absolute Gasteiger partial charge is 0.345 e. The second kappa shape index (κ2) is 24.9. The van der Waals surface area contributed by atoms with Crippen molar-refractivity contribution in [1.82, 2.24) is 0 Å². The van der Waals surface area contributed by atoms with E-state index in [1.54, 1.807) is 0 Å². The lowest BCUT2D eigenvalue weighted by molar-refractivity contribution is -0.178. The van der Waals surface area contributed by atoms with Gasteiger partial charge in [0, 0.05) is 6.42 Å². The number of hydrogen-bond acceptors (Lipinski definition) is 6. The molecular weight excluding hydrogens is 511 g/mol. The van der Waals surface area contributed by atoms with Crippen LogP contribution in [0.3, 0.4) is 0 Å². The van der Waals surface area contributed by atoms with Crippen LogP contribution in [0.2, 0.25) is 0 Å². The van der Waals surface area contributed by atoms with E-state index in [0.29, 0.717) is 19.4 Å². The number of rotatable bonds is 28. The normalized spacial score (nSPS) is 16.1. The van der Waals surface area contributed by atoms with E-state index in [-0.39, 0.29) is 5.25 Å². The Labute approximate surface area is 231 Å². The van der Waals surface area contributed by atoms with Crippen molar-refractivity contribution in [2.45, 2.75) is 153 Å². The lowest BCUT2D eigenvalue weighted by atomic mass is 10.1. The molecule has 7 nitrogen and oxygen atoms in total. The van der Waals surface area contributed by atoms with Gasteiger partial charge in [-0.3, -0.25) is 0 Å². The van der Waals surface area contributed by atoms with Crippen LogP contribution >= 0.6 is 8.46 Å². The summed E-state index contributed by atoms with van der Waals surface area (Å²) in [6.45, 7) is 6.06. The summed E-state index contributed by atoms with van der Waals surface area (Å²) in [5.74, 6) is -0.820. The monoisotopic (exact) mass is 568 g/mol. The Morgan fingerprint density at radius 3 is 1.84 bits per heavy atom. The highest BCUT2D eigenvalue weighted by atomic mass is 32.2.